The van der Waals surface area contributed by atoms with E-state index in [-0.39, 0.29) is 9.60 Å². The zero-order chi connectivity index (χ0) is 10.2. The van der Waals surface area contributed by atoms with E-state index >= 15 is 0 Å². The Labute approximate surface area is 86.5 Å². The van der Waals surface area contributed by atoms with Gasteiger partial charge in [-0.1, -0.05) is 36.4 Å². The summed E-state index contributed by atoms with van der Waals surface area (Å²) in [4.78, 5) is -0.0457. The summed E-state index contributed by atoms with van der Waals surface area (Å²) in [5.41, 5.74) is 0. The SMILES string of the molecule is F.O=S(=O)(O)c1cccc2ccccc12. The third kappa shape index (κ3) is 2.14. The lowest BCUT2D eigenvalue weighted by Crippen LogP contribution is -1.98. The number of fused-ring (bicyclic) bond motifs is 1. The molecule has 0 saturated heterocycles. The van der Waals surface area contributed by atoms with Crippen molar-refractivity contribution in [1.29, 1.82) is 0 Å². The van der Waals surface area contributed by atoms with Crippen molar-refractivity contribution >= 4 is 20.9 Å². The Morgan fingerprint density at radius 3 is 2.20 bits per heavy atom. The average Bonchev–Trinajstić information content (AvgIpc) is 2.15. The highest BCUT2D eigenvalue weighted by Gasteiger charge is 2.12. The zero-order valence-corrected chi connectivity index (χ0v) is 8.44. The lowest BCUT2D eigenvalue weighted by Gasteiger charge is -2.02. The summed E-state index contributed by atoms with van der Waals surface area (Å²) in [6.07, 6.45) is 0. The third-order valence-electron chi connectivity index (χ3n) is 2.03. The average molecular weight is 228 g/mol. The van der Waals surface area contributed by atoms with Gasteiger partial charge in [0.05, 0.1) is 0 Å². The molecule has 0 aliphatic carbocycles. The minimum Gasteiger partial charge on any atom is -0.282 e. The fraction of sp³-hybridized carbons (Fsp3) is 0. The lowest BCUT2D eigenvalue weighted by atomic mass is 10.1. The van der Waals surface area contributed by atoms with E-state index in [9.17, 15) is 8.42 Å². The molecule has 0 unspecified atom stereocenters. The summed E-state index contributed by atoms with van der Waals surface area (Å²) in [6, 6.07) is 11.8. The van der Waals surface area contributed by atoms with Gasteiger partial charge in [0.2, 0.25) is 0 Å². The molecule has 0 atom stereocenters. The Bertz CT molecular complexity index is 573. The normalized spacial score (nSPS) is 11.0. The van der Waals surface area contributed by atoms with Crippen molar-refractivity contribution in [1.82, 2.24) is 0 Å². The van der Waals surface area contributed by atoms with E-state index in [4.69, 9.17) is 4.55 Å². The minimum absolute atomic E-state index is 0. The molecule has 3 nitrogen and oxygen atoms in total. The molecule has 0 spiro atoms. The van der Waals surface area contributed by atoms with Crippen LogP contribution in [0.1, 0.15) is 0 Å². The van der Waals surface area contributed by atoms with Crippen molar-refractivity contribution in [3.05, 3.63) is 42.5 Å². The van der Waals surface area contributed by atoms with Gasteiger partial charge < -0.3 is 0 Å². The molecule has 0 aromatic heterocycles. The van der Waals surface area contributed by atoms with Gasteiger partial charge in [-0.15, -0.1) is 0 Å². The van der Waals surface area contributed by atoms with E-state index in [1.54, 1.807) is 30.3 Å². The van der Waals surface area contributed by atoms with Crippen LogP contribution in [0.5, 0.6) is 0 Å². The maximum Gasteiger partial charge on any atom is 0.295 e. The van der Waals surface area contributed by atoms with Gasteiger partial charge in [0, 0.05) is 5.39 Å². The molecular formula is C10H9FO3S. The van der Waals surface area contributed by atoms with E-state index < -0.39 is 10.1 Å². The molecule has 0 bridgehead atoms. The van der Waals surface area contributed by atoms with Crippen molar-refractivity contribution in [3.8, 4) is 0 Å². The van der Waals surface area contributed by atoms with Crippen LogP contribution in [0.2, 0.25) is 0 Å². The molecule has 0 radical (unpaired) electrons. The van der Waals surface area contributed by atoms with Crippen LogP contribution in [0.4, 0.5) is 4.70 Å². The van der Waals surface area contributed by atoms with Crippen molar-refractivity contribution in [3.63, 3.8) is 0 Å². The van der Waals surface area contributed by atoms with Crippen molar-refractivity contribution < 1.29 is 17.7 Å². The number of rotatable bonds is 1. The summed E-state index contributed by atoms with van der Waals surface area (Å²) >= 11 is 0. The van der Waals surface area contributed by atoms with E-state index in [2.05, 4.69) is 0 Å². The highest BCUT2D eigenvalue weighted by molar-refractivity contribution is 7.86. The first-order valence-corrected chi connectivity index (χ1v) is 5.48. The number of hydrogen-bond acceptors (Lipinski definition) is 2. The van der Waals surface area contributed by atoms with Crippen LogP contribution in [0, 0.1) is 0 Å². The summed E-state index contributed by atoms with van der Waals surface area (Å²) in [5, 5.41) is 1.33. The first-order valence-electron chi connectivity index (χ1n) is 4.04. The second kappa shape index (κ2) is 3.96. The molecule has 2 aromatic carbocycles. The lowest BCUT2D eigenvalue weighted by molar-refractivity contribution is 0.484. The molecule has 80 valence electrons. The second-order valence-electron chi connectivity index (χ2n) is 2.95. The molecule has 0 aliphatic rings. The first-order chi connectivity index (χ1) is 6.59. The van der Waals surface area contributed by atoms with E-state index in [0.717, 1.165) is 5.39 Å². The van der Waals surface area contributed by atoms with Crippen LogP contribution in [-0.2, 0) is 10.1 Å². The van der Waals surface area contributed by atoms with Gasteiger partial charge >= 0.3 is 0 Å². The van der Waals surface area contributed by atoms with E-state index in [1.165, 1.54) is 6.07 Å². The van der Waals surface area contributed by atoms with Crippen LogP contribution in [0.3, 0.4) is 0 Å². The summed E-state index contributed by atoms with van der Waals surface area (Å²) < 4.78 is 31.0. The predicted molar refractivity (Wildman–Crippen MR) is 56.3 cm³/mol. The highest BCUT2D eigenvalue weighted by atomic mass is 32.2. The molecule has 5 heteroatoms. The predicted octanol–water partition coefficient (Wildman–Crippen LogP) is 2.24. The Morgan fingerprint density at radius 1 is 0.933 bits per heavy atom. The van der Waals surface area contributed by atoms with Crippen molar-refractivity contribution in [2.45, 2.75) is 4.90 Å². The maximum absolute atomic E-state index is 11.0. The third-order valence-corrected chi connectivity index (χ3v) is 2.94. The maximum atomic E-state index is 11.0. The van der Waals surface area contributed by atoms with Gasteiger partial charge in [-0.05, 0) is 11.5 Å². The Hall–Kier alpha value is -1.46. The van der Waals surface area contributed by atoms with Gasteiger partial charge in [-0.25, -0.2) is 0 Å². The Morgan fingerprint density at radius 2 is 1.53 bits per heavy atom. The number of hydrogen-bond donors (Lipinski definition) is 1. The van der Waals surface area contributed by atoms with Crippen LogP contribution in [0.25, 0.3) is 10.8 Å². The quantitative estimate of drug-likeness (QED) is 0.761. The van der Waals surface area contributed by atoms with Crippen LogP contribution >= 0.6 is 0 Å². The monoisotopic (exact) mass is 228 g/mol. The van der Waals surface area contributed by atoms with Gasteiger partial charge in [-0.3, -0.25) is 9.26 Å². The molecule has 15 heavy (non-hydrogen) atoms. The van der Waals surface area contributed by atoms with Gasteiger partial charge in [0.1, 0.15) is 4.90 Å². The molecular weight excluding hydrogens is 219 g/mol. The Kier molecular flexibility index (Phi) is 3.06. The highest BCUT2D eigenvalue weighted by Crippen LogP contribution is 2.21. The fourth-order valence-corrected chi connectivity index (χ4v) is 2.13. The first kappa shape index (κ1) is 11.6. The molecule has 0 amide bonds. The molecule has 0 saturated carbocycles. The minimum atomic E-state index is -4.13. The van der Waals surface area contributed by atoms with Crippen molar-refractivity contribution in [2.75, 3.05) is 0 Å². The molecule has 1 N–H and O–H groups in total. The molecule has 0 fully saturated rings. The van der Waals surface area contributed by atoms with Crippen LogP contribution in [-0.4, -0.2) is 13.0 Å². The van der Waals surface area contributed by atoms with Gasteiger partial charge in [-0.2, -0.15) is 8.42 Å². The van der Waals surface area contributed by atoms with Crippen LogP contribution < -0.4 is 0 Å². The number of halogens is 1. The van der Waals surface area contributed by atoms with Gasteiger partial charge in [0.25, 0.3) is 10.1 Å². The van der Waals surface area contributed by atoms with E-state index in [0.29, 0.717) is 5.39 Å². The van der Waals surface area contributed by atoms with E-state index in [1.807, 2.05) is 6.07 Å². The van der Waals surface area contributed by atoms with Crippen LogP contribution in [0.15, 0.2) is 47.4 Å². The topological polar surface area (TPSA) is 54.4 Å². The Balaban J connectivity index is 0.00000112. The second-order valence-corrected chi connectivity index (χ2v) is 4.34. The summed E-state index contributed by atoms with van der Waals surface area (Å²) in [5.74, 6) is 0. The summed E-state index contributed by atoms with van der Waals surface area (Å²) in [7, 11) is -4.13. The molecule has 2 rings (SSSR count). The number of benzene rings is 2. The largest absolute Gasteiger partial charge is 0.295 e. The summed E-state index contributed by atoms with van der Waals surface area (Å²) in [6.45, 7) is 0. The molecule has 2 aromatic rings. The fourth-order valence-electron chi connectivity index (χ4n) is 1.42. The smallest absolute Gasteiger partial charge is 0.282 e. The molecule has 0 heterocycles. The van der Waals surface area contributed by atoms with Gasteiger partial charge in [0.15, 0.2) is 0 Å². The molecule has 0 aliphatic heterocycles. The van der Waals surface area contributed by atoms with Crippen molar-refractivity contribution in [2.24, 2.45) is 0 Å². The zero-order valence-electron chi connectivity index (χ0n) is 7.62. The standard InChI is InChI=1S/C10H8O3S.FH/c11-14(12,13)10-7-3-5-8-4-1-2-6-9(8)10;/h1-7H,(H,11,12,13);1H.